The molecular formula is C10H10O4. The number of carbonyl (C=O) groups excluding carboxylic acids is 2. The van der Waals surface area contributed by atoms with Crippen molar-refractivity contribution >= 4 is 11.8 Å². The predicted octanol–water partition coefficient (Wildman–Crippen LogP) is 0.731. The van der Waals surface area contributed by atoms with Gasteiger partial charge in [0.15, 0.2) is 5.60 Å². The molecule has 0 aromatic carbocycles. The Hall–Kier alpha value is -1.58. The number of carbonyl (C=O) groups is 2. The number of ether oxygens (including phenoxy) is 2. The van der Waals surface area contributed by atoms with Crippen molar-refractivity contribution < 1.29 is 19.1 Å². The van der Waals surface area contributed by atoms with Crippen LogP contribution in [0.15, 0.2) is 24.0 Å². The summed E-state index contributed by atoms with van der Waals surface area (Å²) in [6, 6.07) is 0. The maximum absolute atomic E-state index is 11.6. The van der Waals surface area contributed by atoms with Gasteiger partial charge in [0.05, 0.1) is 13.5 Å². The molecule has 1 unspecified atom stereocenters. The van der Waals surface area contributed by atoms with Crippen LogP contribution >= 0.6 is 0 Å². The van der Waals surface area contributed by atoms with E-state index in [4.69, 9.17) is 9.47 Å². The van der Waals surface area contributed by atoms with Gasteiger partial charge in [-0.3, -0.25) is 9.59 Å². The van der Waals surface area contributed by atoms with Gasteiger partial charge >= 0.3 is 5.97 Å². The lowest BCUT2D eigenvalue weighted by atomic mass is 9.90. The highest BCUT2D eigenvalue weighted by atomic mass is 16.6. The van der Waals surface area contributed by atoms with Gasteiger partial charge in [-0.05, 0) is 12.2 Å². The van der Waals surface area contributed by atoms with E-state index in [1.165, 1.54) is 13.2 Å². The van der Waals surface area contributed by atoms with Crippen LogP contribution in [0.1, 0.15) is 12.8 Å². The van der Waals surface area contributed by atoms with Gasteiger partial charge in [-0.2, -0.15) is 0 Å². The molecule has 0 N–H and O–H groups in total. The lowest BCUT2D eigenvalue weighted by molar-refractivity contribution is -0.151. The van der Waals surface area contributed by atoms with Crippen LogP contribution in [0.2, 0.25) is 0 Å². The Morgan fingerprint density at radius 1 is 1.43 bits per heavy atom. The van der Waals surface area contributed by atoms with E-state index in [2.05, 4.69) is 0 Å². The molecule has 0 amide bonds. The van der Waals surface area contributed by atoms with Crippen molar-refractivity contribution in [3.63, 3.8) is 0 Å². The maximum Gasteiger partial charge on any atom is 0.307 e. The molecule has 1 fully saturated rings. The zero-order chi connectivity index (χ0) is 10.2. The van der Waals surface area contributed by atoms with E-state index in [1.54, 1.807) is 12.2 Å². The van der Waals surface area contributed by atoms with Gasteiger partial charge in [0.25, 0.3) is 0 Å². The fourth-order valence-corrected chi connectivity index (χ4v) is 1.64. The number of methoxy groups -OCH3 is 1. The second-order valence-corrected chi connectivity index (χ2v) is 3.31. The van der Waals surface area contributed by atoms with Crippen LogP contribution in [0.4, 0.5) is 0 Å². The highest BCUT2D eigenvalue weighted by Crippen LogP contribution is 2.33. The summed E-state index contributed by atoms with van der Waals surface area (Å²) in [5.41, 5.74) is -1.09. The SMILES string of the molecule is COC1=CC2(CCC(=O)O2)C(=O)C=C1. The second kappa shape index (κ2) is 2.97. The Kier molecular flexibility index (Phi) is 1.91. The van der Waals surface area contributed by atoms with E-state index in [-0.39, 0.29) is 18.2 Å². The van der Waals surface area contributed by atoms with Crippen LogP contribution in [0.3, 0.4) is 0 Å². The summed E-state index contributed by atoms with van der Waals surface area (Å²) in [4.78, 5) is 22.5. The van der Waals surface area contributed by atoms with Gasteiger partial charge < -0.3 is 9.47 Å². The van der Waals surface area contributed by atoms with E-state index in [0.29, 0.717) is 12.2 Å². The normalized spacial score (nSPS) is 30.5. The van der Waals surface area contributed by atoms with Crippen molar-refractivity contribution in [2.75, 3.05) is 7.11 Å². The lowest BCUT2D eigenvalue weighted by Crippen LogP contribution is -2.37. The minimum Gasteiger partial charge on any atom is -0.497 e. The zero-order valence-electron chi connectivity index (χ0n) is 7.78. The molecule has 1 spiro atoms. The molecule has 1 atom stereocenters. The van der Waals surface area contributed by atoms with Crippen LogP contribution < -0.4 is 0 Å². The zero-order valence-corrected chi connectivity index (χ0v) is 7.78. The number of hydrogen-bond acceptors (Lipinski definition) is 4. The Balaban J connectivity index is 2.34. The van der Waals surface area contributed by atoms with Crippen molar-refractivity contribution in [1.82, 2.24) is 0 Å². The Morgan fingerprint density at radius 3 is 2.79 bits per heavy atom. The first kappa shape index (κ1) is 8.99. The molecule has 2 aliphatic rings. The van der Waals surface area contributed by atoms with Gasteiger partial charge in [-0.1, -0.05) is 0 Å². The molecule has 4 nitrogen and oxygen atoms in total. The molecule has 1 saturated heterocycles. The first-order valence-electron chi connectivity index (χ1n) is 4.37. The molecule has 0 bridgehead atoms. The van der Waals surface area contributed by atoms with E-state index in [9.17, 15) is 9.59 Å². The van der Waals surface area contributed by atoms with Crippen molar-refractivity contribution in [1.29, 1.82) is 0 Å². The molecule has 0 saturated carbocycles. The third kappa shape index (κ3) is 1.23. The number of esters is 1. The summed E-state index contributed by atoms with van der Waals surface area (Å²) in [5.74, 6) is 0.0313. The molecule has 0 aromatic rings. The largest absolute Gasteiger partial charge is 0.497 e. The second-order valence-electron chi connectivity index (χ2n) is 3.31. The van der Waals surface area contributed by atoms with Gasteiger partial charge in [0.2, 0.25) is 5.78 Å². The standard InChI is InChI=1S/C10H10O4/c1-13-7-2-3-8(11)10(6-7)5-4-9(12)14-10/h2-3,6H,4-5H2,1H3. The summed E-state index contributed by atoms with van der Waals surface area (Å²) in [5, 5.41) is 0. The summed E-state index contributed by atoms with van der Waals surface area (Å²) >= 11 is 0. The quantitative estimate of drug-likeness (QED) is 0.577. The van der Waals surface area contributed by atoms with E-state index >= 15 is 0 Å². The van der Waals surface area contributed by atoms with Gasteiger partial charge in [0, 0.05) is 12.5 Å². The summed E-state index contributed by atoms with van der Waals surface area (Å²) in [6.07, 6.45) is 5.21. The Morgan fingerprint density at radius 2 is 2.21 bits per heavy atom. The molecule has 1 heterocycles. The number of rotatable bonds is 1. The average molecular weight is 194 g/mol. The monoisotopic (exact) mass is 194 g/mol. The molecule has 0 radical (unpaired) electrons. The van der Waals surface area contributed by atoms with Crippen molar-refractivity contribution in [2.24, 2.45) is 0 Å². The van der Waals surface area contributed by atoms with Crippen molar-refractivity contribution in [3.05, 3.63) is 24.0 Å². The smallest absolute Gasteiger partial charge is 0.307 e. The first-order valence-corrected chi connectivity index (χ1v) is 4.37. The molecule has 74 valence electrons. The molecule has 14 heavy (non-hydrogen) atoms. The van der Waals surface area contributed by atoms with Gasteiger partial charge in [-0.25, -0.2) is 0 Å². The molecular weight excluding hydrogens is 184 g/mol. The van der Waals surface area contributed by atoms with Crippen molar-refractivity contribution in [2.45, 2.75) is 18.4 Å². The highest BCUT2D eigenvalue weighted by Gasteiger charge is 2.45. The number of hydrogen-bond donors (Lipinski definition) is 0. The third-order valence-corrected chi connectivity index (χ3v) is 2.42. The van der Waals surface area contributed by atoms with Crippen LogP contribution in [0.5, 0.6) is 0 Å². The summed E-state index contributed by atoms with van der Waals surface area (Å²) in [6.45, 7) is 0. The molecule has 4 heteroatoms. The third-order valence-electron chi connectivity index (χ3n) is 2.42. The van der Waals surface area contributed by atoms with Crippen molar-refractivity contribution in [3.8, 4) is 0 Å². The van der Waals surface area contributed by atoms with E-state index in [0.717, 1.165) is 0 Å². The first-order chi connectivity index (χ1) is 6.66. The summed E-state index contributed by atoms with van der Waals surface area (Å²) < 4.78 is 10.0. The lowest BCUT2D eigenvalue weighted by Gasteiger charge is -2.23. The van der Waals surface area contributed by atoms with Crippen LogP contribution in [0, 0.1) is 0 Å². The molecule has 2 rings (SSSR count). The van der Waals surface area contributed by atoms with E-state index in [1.807, 2.05) is 0 Å². The average Bonchev–Trinajstić information content (AvgIpc) is 2.54. The molecule has 1 aliphatic carbocycles. The highest BCUT2D eigenvalue weighted by molar-refractivity contribution is 6.03. The minimum atomic E-state index is -1.09. The predicted molar refractivity (Wildman–Crippen MR) is 47.3 cm³/mol. The summed E-state index contributed by atoms with van der Waals surface area (Å²) in [7, 11) is 1.51. The topological polar surface area (TPSA) is 52.6 Å². The fourth-order valence-electron chi connectivity index (χ4n) is 1.64. The Bertz CT molecular complexity index is 353. The van der Waals surface area contributed by atoms with Crippen LogP contribution in [-0.2, 0) is 19.1 Å². The van der Waals surface area contributed by atoms with E-state index < -0.39 is 5.60 Å². The number of allylic oxidation sites excluding steroid dienone is 1. The molecule has 0 aromatic heterocycles. The maximum atomic E-state index is 11.6. The Labute approximate surface area is 81.2 Å². The van der Waals surface area contributed by atoms with Crippen LogP contribution in [0.25, 0.3) is 0 Å². The minimum absolute atomic E-state index is 0.191. The van der Waals surface area contributed by atoms with Gasteiger partial charge in [0.1, 0.15) is 5.76 Å². The number of ketones is 1. The van der Waals surface area contributed by atoms with Crippen LogP contribution in [-0.4, -0.2) is 24.5 Å². The molecule has 1 aliphatic heterocycles. The fraction of sp³-hybridized carbons (Fsp3) is 0.400. The van der Waals surface area contributed by atoms with Gasteiger partial charge in [-0.15, -0.1) is 0 Å².